The second kappa shape index (κ2) is 6.10. The van der Waals surface area contributed by atoms with Crippen molar-refractivity contribution >= 4 is 25.6 Å². The van der Waals surface area contributed by atoms with Gasteiger partial charge in [-0.25, -0.2) is 12.8 Å². The van der Waals surface area contributed by atoms with Crippen LogP contribution in [0.4, 0.5) is 4.39 Å². The van der Waals surface area contributed by atoms with Gasteiger partial charge in [0.15, 0.2) is 0 Å². The molecule has 1 N–H and O–H groups in total. The molecule has 0 fully saturated rings. The lowest BCUT2D eigenvalue weighted by Gasteiger charge is -2.28. The molecule has 1 rings (SSSR count). The highest BCUT2D eigenvalue weighted by Gasteiger charge is 2.24. The lowest BCUT2D eigenvalue weighted by molar-refractivity contribution is 0.0896. The van der Waals surface area contributed by atoms with Gasteiger partial charge < -0.3 is 5.32 Å². The van der Waals surface area contributed by atoms with Crippen molar-refractivity contribution in [3.63, 3.8) is 0 Å². The van der Waals surface area contributed by atoms with Crippen LogP contribution in [0.25, 0.3) is 0 Å². The Kier molecular flexibility index (Phi) is 5.15. The smallest absolute Gasteiger partial charge is 0.261 e. The van der Waals surface area contributed by atoms with Crippen LogP contribution in [0, 0.1) is 5.82 Å². The molecule has 112 valence electrons. The molecule has 0 saturated heterocycles. The van der Waals surface area contributed by atoms with Crippen molar-refractivity contribution in [3.05, 3.63) is 29.6 Å². The second-order valence-corrected chi connectivity index (χ2v) is 7.37. The zero-order valence-electron chi connectivity index (χ0n) is 11.5. The fourth-order valence-corrected chi connectivity index (χ4v) is 2.36. The van der Waals surface area contributed by atoms with Crippen LogP contribution in [-0.4, -0.2) is 19.9 Å². The average Bonchev–Trinajstić information content (AvgIpc) is 2.37. The van der Waals surface area contributed by atoms with E-state index in [9.17, 15) is 17.6 Å². The molecule has 0 atom stereocenters. The Morgan fingerprint density at radius 3 is 2.30 bits per heavy atom. The Bertz CT molecular complexity index is 612. The predicted molar refractivity (Wildman–Crippen MR) is 75.9 cm³/mol. The molecule has 1 aromatic rings. The van der Waals surface area contributed by atoms with Gasteiger partial charge in [-0.2, -0.15) is 0 Å². The predicted octanol–water partition coefficient (Wildman–Crippen LogP) is 3.06. The number of hydrogen-bond donors (Lipinski definition) is 1. The number of nitrogens with one attached hydrogen (secondary N) is 1. The third-order valence-electron chi connectivity index (χ3n) is 3.44. The van der Waals surface area contributed by atoms with E-state index < -0.39 is 26.3 Å². The largest absolute Gasteiger partial charge is 0.347 e. The van der Waals surface area contributed by atoms with Crippen molar-refractivity contribution in [1.29, 1.82) is 0 Å². The number of hydrogen-bond acceptors (Lipinski definition) is 3. The van der Waals surface area contributed by atoms with E-state index in [1.807, 2.05) is 20.8 Å². The lowest BCUT2D eigenvalue weighted by atomic mass is 9.95. The molecule has 0 aromatic heterocycles. The Balaban J connectivity index is 3.07. The van der Waals surface area contributed by atoms with Gasteiger partial charge in [-0.15, -0.1) is 0 Å². The highest BCUT2D eigenvalue weighted by Crippen LogP contribution is 2.20. The van der Waals surface area contributed by atoms with Crippen LogP contribution >= 0.6 is 10.7 Å². The van der Waals surface area contributed by atoms with Crippen LogP contribution in [-0.2, 0) is 9.05 Å². The Morgan fingerprint density at radius 1 is 1.35 bits per heavy atom. The van der Waals surface area contributed by atoms with Crippen molar-refractivity contribution in [2.45, 2.75) is 44.0 Å². The molecule has 1 aromatic carbocycles. The van der Waals surface area contributed by atoms with E-state index in [0.29, 0.717) is 12.8 Å². The van der Waals surface area contributed by atoms with Gasteiger partial charge in [-0.3, -0.25) is 4.79 Å². The molecule has 0 saturated carbocycles. The molecule has 1 amide bonds. The second-order valence-electron chi connectivity index (χ2n) is 4.80. The maximum atomic E-state index is 13.8. The van der Waals surface area contributed by atoms with E-state index >= 15 is 0 Å². The number of halogens is 2. The number of carbonyl (C=O) groups excluding carboxylic acids is 1. The first-order valence-corrected chi connectivity index (χ1v) is 8.50. The standard InChI is InChI=1S/C13H17ClFNO3S/c1-4-13(3,5-2)16-12(17)10-7-6-9(8-11(10)15)20(14,18)19/h6-8H,4-5H2,1-3H3,(H,16,17). The molecule has 7 heteroatoms. The number of carbonyl (C=O) groups is 1. The maximum Gasteiger partial charge on any atom is 0.261 e. The zero-order chi connectivity index (χ0) is 15.6. The minimum absolute atomic E-state index is 0.206. The summed E-state index contributed by atoms with van der Waals surface area (Å²) in [4.78, 5) is 11.7. The Morgan fingerprint density at radius 2 is 1.90 bits per heavy atom. The summed E-state index contributed by atoms with van der Waals surface area (Å²) in [6, 6.07) is 2.97. The summed E-state index contributed by atoms with van der Waals surface area (Å²) in [6.45, 7) is 5.70. The van der Waals surface area contributed by atoms with Crippen LogP contribution in [0.2, 0.25) is 0 Å². The van der Waals surface area contributed by atoms with Gasteiger partial charge in [-0.1, -0.05) is 13.8 Å². The first-order valence-electron chi connectivity index (χ1n) is 6.19. The van der Waals surface area contributed by atoms with Gasteiger partial charge in [0.25, 0.3) is 15.0 Å². The topological polar surface area (TPSA) is 63.2 Å². The van der Waals surface area contributed by atoms with Gasteiger partial charge >= 0.3 is 0 Å². The highest BCUT2D eigenvalue weighted by atomic mass is 35.7. The lowest BCUT2D eigenvalue weighted by Crippen LogP contribution is -2.45. The Hall–Kier alpha value is -1.14. The van der Waals surface area contributed by atoms with Gasteiger partial charge in [0.1, 0.15) is 5.82 Å². The van der Waals surface area contributed by atoms with E-state index in [1.165, 1.54) is 0 Å². The summed E-state index contributed by atoms with van der Waals surface area (Å²) >= 11 is 0. The first kappa shape index (κ1) is 16.9. The van der Waals surface area contributed by atoms with E-state index in [-0.39, 0.29) is 10.5 Å². The summed E-state index contributed by atoms with van der Waals surface area (Å²) in [5, 5.41) is 2.75. The van der Waals surface area contributed by atoms with Crippen molar-refractivity contribution in [2.24, 2.45) is 0 Å². The van der Waals surface area contributed by atoms with Crippen LogP contribution in [0.3, 0.4) is 0 Å². The number of benzene rings is 1. The highest BCUT2D eigenvalue weighted by molar-refractivity contribution is 8.13. The minimum atomic E-state index is -4.01. The molecule has 0 bridgehead atoms. The monoisotopic (exact) mass is 321 g/mol. The normalized spacial score (nSPS) is 12.2. The maximum absolute atomic E-state index is 13.8. The minimum Gasteiger partial charge on any atom is -0.347 e. The Labute approximate surface area is 122 Å². The third-order valence-corrected chi connectivity index (χ3v) is 4.79. The van der Waals surface area contributed by atoms with E-state index in [0.717, 1.165) is 18.2 Å². The number of rotatable bonds is 5. The molecule has 0 radical (unpaired) electrons. The van der Waals surface area contributed by atoms with E-state index in [2.05, 4.69) is 5.32 Å². The molecular formula is C13H17ClFNO3S. The molecule has 0 aliphatic heterocycles. The molecule has 0 heterocycles. The molecule has 0 aliphatic rings. The molecule has 4 nitrogen and oxygen atoms in total. The fraction of sp³-hybridized carbons (Fsp3) is 0.462. The summed E-state index contributed by atoms with van der Waals surface area (Å²) < 4.78 is 36.0. The summed E-state index contributed by atoms with van der Waals surface area (Å²) in [6.07, 6.45) is 1.40. The number of amides is 1. The van der Waals surface area contributed by atoms with Crippen molar-refractivity contribution < 1.29 is 17.6 Å². The third kappa shape index (κ3) is 3.93. The van der Waals surface area contributed by atoms with Crippen molar-refractivity contribution in [3.8, 4) is 0 Å². The van der Waals surface area contributed by atoms with Gasteiger partial charge in [0.2, 0.25) is 0 Å². The van der Waals surface area contributed by atoms with Gasteiger partial charge in [0.05, 0.1) is 10.5 Å². The summed E-state index contributed by atoms with van der Waals surface area (Å²) in [5.74, 6) is -1.49. The van der Waals surface area contributed by atoms with Crippen LogP contribution in [0.15, 0.2) is 23.1 Å². The fourth-order valence-electron chi connectivity index (χ4n) is 1.60. The average molecular weight is 322 g/mol. The van der Waals surface area contributed by atoms with Crippen LogP contribution < -0.4 is 5.32 Å². The van der Waals surface area contributed by atoms with E-state index in [4.69, 9.17) is 10.7 Å². The van der Waals surface area contributed by atoms with Crippen molar-refractivity contribution in [2.75, 3.05) is 0 Å². The van der Waals surface area contributed by atoms with Crippen molar-refractivity contribution in [1.82, 2.24) is 5.32 Å². The summed E-state index contributed by atoms with van der Waals surface area (Å²) in [7, 11) is 1.11. The summed E-state index contributed by atoms with van der Waals surface area (Å²) in [5.41, 5.74) is -0.636. The molecule has 0 unspecified atom stereocenters. The first-order chi connectivity index (χ1) is 9.13. The zero-order valence-corrected chi connectivity index (χ0v) is 13.1. The van der Waals surface area contributed by atoms with E-state index in [1.54, 1.807) is 0 Å². The molecule has 0 spiro atoms. The van der Waals surface area contributed by atoms with Crippen LogP contribution in [0.1, 0.15) is 44.0 Å². The molecule has 0 aliphatic carbocycles. The van der Waals surface area contributed by atoms with Gasteiger partial charge in [-0.05, 0) is 38.0 Å². The quantitative estimate of drug-likeness (QED) is 0.848. The van der Waals surface area contributed by atoms with Gasteiger partial charge in [0, 0.05) is 16.2 Å². The van der Waals surface area contributed by atoms with Crippen LogP contribution in [0.5, 0.6) is 0 Å². The molecular weight excluding hydrogens is 305 g/mol. The molecule has 20 heavy (non-hydrogen) atoms. The SMILES string of the molecule is CCC(C)(CC)NC(=O)c1ccc(S(=O)(=O)Cl)cc1F.